The largest absolute Gasteiger partial charge is 0.383 e. The third kappa shape index (κ3) is 4.76. The van der Waals surface area contributed by atoms with Crippen LogP contribution in [0.4, 0.5) is 0 Å². The standard InChI is InChI=1S/C23H32N2O2S/c1-27-14-12-24-23(26)22-20(19-8-4-5-9-21(19)28-22)15-18-7-3-2-6-13-25(18)16-17-10-11-17/h4-5,8-9,17-18H,2-3,6-7,10-16H2,1H3,(H,24,26)/t18-/m1/s1. The van der Waals surface area contributed by atoms with Gasteiger partial charge in [-0.05, 0) is 61.6 Å². The topological polar surface area (TPSA) is 41.6 Å². The molecular formula is C23H32N2O2S. The van der Waals surface area contributed by atoms with Gasteiger partial charge < -0.3 is 10.1 Å². The predicted molar refractivity (Wildman–Crippen MR) is 116 cm³/mol. The van der Waals surface area contributed by atoms with E-state index in [4.69, 9.17) is 4.74 Å². The number of hydrogen-bond donors (Lipinski definition) is 1. The molecule has 1 aromatic carbocycles. The predicted octanol–water partition coefficient (Wildman–Crippen LogP) is 4.47. The quantitative estimate of drug-likeness (QED) is 0.665. The highest BCUT2D eigenvalue weighted by molar-refractivity contribution is 7.21. The van der Waals surface area contributed by atoms with Gasteiger partial charge in [0.1, 0.15) is 0 Å². The first-order valence-electron chi connectivity index (χ1n) is 10.8. The Balaban J connectivity index is 1.59. The molecule has 1 aliphatic heterocycles. The number of amides is 1. The second-order valence-electron chi connectivity index (χ2n) is 8.30. The van der Waals surface area contributed by atoms with E-state index in [9.17, 15) is 4.79 Å². The summed E-state index contributed by atoms with van der Waals surface area (Å²) in [5, 5.41) is 4.30. The zero-order chi connectivity index (χ0) is 19.3. The van der Waals surface area contributed by atoms with Crippen molar-refractivity contribution < 1.29 is 9.53 Å². The number of nitrogens with zero attached hydrogens (tertiary/aromatic N) is 1. The first kappa shape index (κ1) is 19.9. The third-order valence-electron chi connectivity index (χ3n) is 6.12. The fourth-order valence-electron chi connectivity index (χ4n) is 4.41. The van der Waals surface area contributed by atoms with Gasteiger partial charge in [-0.15, -0.1) is 11.3 Å². The SMILES string of the molecule is COCCNC(=O)c1sc2ccccc2c1C[C@H]1CCCCCN1CC1CC1. The Labute approximate surface area is 172 Å². The lowest BCUT2D eigenvalue weighted by Gasteiger charge is -2.30. The minimum Gasteiger partial charge on any atom is -0.383 e. The van der Waals surface area contributed by atoms with Crippen LogP contribution in [0, 0.1) is 5.92 Å². The zero-order valence-electron chi connectivity index (χ0n) is 16.9. The molecule has 1 amide bonds. The fourth-order valence-corrected chi connectivity index (χ4v) is 5.56. The van der Waals surface area contributed by atoms with Crippen LogP contribution in [0.15, 0.2) is 24.3 Å². The van der Waals surface area contributed by atoms with Crippen LogP contribution in [0.1, 0.15) is 53.8 Å². The van der Waals surface area contributed by atoms with Gasteiger partial charge in [-0.25, -0.2) is 0 Å². The van der Waals surface area contributed by atoms with Gasteiger partial charge in [0.2, 0.25) is 0 Å². The maximum absolute atomic E-state index is 12.9. The molecule has 4 rings (SSSR count). The number of hydrogen-bond acceptors (Lipinski definition) is 4. The zero-order valence-corrected chi connectivity index (χ0v) is 17.7. The third-order valence-corrected chi connectivity index (χ3v) is 7.34. The molecule has 0 spiro atoms. The van der Waals surface area contributed by atoms with Gasteiger partial charge in [0, 0.05) is 30.9 Å². The highest BCUT2D eigenvalue weighted by atomic mass is 32.1. The van der Waals surface area contributed by atoms with Gasteiger partial charge in [-0.3, -0.25) is 9.69 Å². The average molecular weight is 401 g/mol. The lowest BCUT2D eigenvalue weighted by atomic mass is 9.97. The van der Waals surface area contributed by atoms with E-state index in [1.54, 1.807) is 18.4 Å². The van der Waals surface area contributed by atoms with E-state index in [1.807, 2.05) is 0 Å². The molecule has 0 radical (unpaired) electrons. The van der Waals surface area contributed by atoms with Gasteiger partial charge in [-0.1, -0.05) is 31.0 Å². The van der Waals surface area contributed by atoms with Crippen LogP contribution in [0.3, 0.4) is 0 Å². The molecule has 2 heterocycles. The first-order chi connectivity index (χ1) is 13.8. The Morgan fingerprint density at radius 1 is 1.21 bits per heavy atom. The van der Waals surface area contributed by atoms with Crippen LogP contribution in [-0.4, -0.2) is 50.2 Å². The fraction of sp³-hybridized carbons (Fsp3) is 0.609. The Bertz CT molecular complexity index is 799. The summed E-state index contributed by atoms with van der Waals surface area (Å²) in [6.07, 6.45) is 9.01. The lowest BCUT2D eigenvalue weighted by molar-refractivity contribution is 0.0939. The Hall–Kier alpha value is -1.43. The number of methoxy groups -OCH3 is 1. The van der Waals surface area contributed by atoms with E-state index in [-0.39, 0.29) is 5.91 Å². The molecule has 0 unspecified atom stereocenters. The number of ether oxygens (including phenoxy) is 1. The molecule has 28 heavy (non-hydrogen) atoms. The summed E-state index contributed by atoms with van der Waals surface area (Å²) in [6.45, 7) is 3.57. The van der Waals surface area contributed by atoms with Gasteiger partial charge in [0.05, 0.1) is 11.5 Å². The highest BCUT2D eigenvalue weighted by Crippen LogP contribution is 2.36. The molecular weight excluding hydrogens is 368 g/mol. The van der Waals surface area contributed by atoms with Crippen molar-refractivity contribution in [3.05, 3.63) is 34.7 Å². The maximum atomic E-state index is 12.9. The molecule has 2 aromatic rings. The number of benzene rings is 1. The summed E-state index contributed by atoms with van der Waals surface area (Å²) < 4.78 is 6.31. The van der Waals surface area contributed by atoms with E-state index in [0.29, 0.717) is 19.2 Å². The molecule has 0 bridgehead atoms. The van der Waals surface area contributed by atoms with Crippen LogP contribution in [0.2, 0.25) is 0 Å². The number of carbonyl (C=O) groups is 1. The van der Waals surface area contributed by atoms with Gasteiger partial charge in [-0.2, -0.15) is 0 Å². The second-order valence-corrected chi connectivity index (χ2v) is 9.35. The van der Waals surface area contributed by atoms with Crippen molar-refractivity contribution in [2.24, 2.45) is 5.92 Å². The first-order valence-corrected chi connectivity index (χ1v) is 11.6. The smallest absolute Gasteiger partial charge is 0.261 e. The number of rotatable bonds is 8. The minimum atomic E-state index is 0.0515. The Kier molecular flexibility index (Phi) is 6.65. The molecule has 1 saturated carbocycles. The van der Waals surface area contributed by atoms with Crippen LogP contribution >= 0.6 is 11.3 Å². The van der Waals surface area contributed by atoms with Crippen LogP contribution in [-0.2, 0) is 11.2 Å². The summed E-state index contributed by atoms with van der Waals surface area (Å²) in [6, 6.07) is 9.06. The summed E-state index contributed by atoms with van der Waals surface area (Å²) in [5.41, 5.74) is 1.25. The molecule has 1 aliphatic carbocycles. The van der Waals surface area contributed by atoms with Gasteiger partial charge in [0.15, 0.2) is 0 Å². The van der Waals surface area contributed by atoms with Crippen molar-refractivity contribution in [3.63, 3.8) is 0 Å². The second kappa shape index (κ2) is 9.38. The molecule has 1 atom stereocenters. The van der Waals surface area contributed by atoms with Crippen molar-refractivity contribution in [1.29, 1.82) is 0 Å². The average Bonchev–Trinajstić information content (AvgIpc) is 3.49. The Morgan fingerprint density at radius 3 is 2.89 bits per heavy atom. The van der Waals surface area contributed by atoms with Crippen molar-refractivity contribution >= 4 is 27.3 Å². The van der Waals surface area contributed by atoms with E-state index in [0.717, 1.165) is 17.2 Å². The lowest BCUT2D eigenvalue weighted by Crippen LogP contribution is -2.38. The molecule has 152 valence electrons. The van der Waals surface area contributed by atoms with Gasteiger partial charge >= 0.3 is 0 Å². The monoisotopic (exact) mass is 400 g/mol. The van der Waals surface area contributed by atoms with Crippen molar-refractivity contribution in [3.8, 4) is 0 Å². The maximum Gasteiger partial charge on any atom is 0.261 e. The number of thiophene rings is 1. The summed E-state index contributed by atoms with van der Waals surface area (Å²) in [5.74, 6) is 0.965. The molecule has 1 N–H and O–H groups in total. The van der Waals surface area contributed by atoms with E-state index >= 15 is 0 Å². The van der Waals surface area contributed by atoms with Crippen LogP contribution < -0.4 is 5.32 Å². The molecule has 4 nitrogen and oxygen atoms in total. The molecule has 2 fully saturated rings. The van der Waals surface area contributed by atoms with Crippen molar-refractivity contribution in [2.45, 2.75) is 51.0 Å². The summed E-state index contributed by atoms with van der Waals surface area (Å²) in [7, 11) is 1.66. The van der Waals surface area contributed by atoms with E-state index in [2.05, 4.69) is 34.5 Å². The number of nitrogens with one attached hydrogen (secondary N) is 1. The number of fused-ring (bicyclic) bond motifs is 1. The Morgan fingerprint density at radius 2 is 2.07 bits per heavy atom. The van der Waals surface area contributed by atoms with Crippen molar-refractivity contribution in [2.75, 3.05) is 33.4 Å². The van der Waals surface area contributed by atoms with Crippen molar-refractivity contribution in [1.82, 2.24) is 10.2 Å². The molecule has 1 saturated heterocycles. The highest BCUT2D eigenvalue weighted by Gasteiger charge is 2.30. The summed E-state index contributed by atoms with van der Waals surface area (Å²) in [4.78, 5) is 16.6. The molecule has 1 aromatic heterocycles. The van der Waals surface area contributed by atoms with Crippen LogP contribution in [0.25, 0.3) is 10.1 Å². The number of likely N-dealkylation sites (tertiary alicyclic amines) is 1. The van der Waals surface area contributed by atoms with Crippen LogP contribution in [0.5, 0.6) is 0 Å². The normalized spacial score (nSPS) is 21.0. The number of carbonyl (C=O) groups excluding carboxylic acids is 1. The van der Waals surface area contributed by atoms with Gasteiger partial charge in [0.25, 0.3) is 5.91 Å². The molecule has 2 aliphatic rings. The van der Waals surface area contributed by atoms with E-state index < -0.39 is 0 Å². The minimum absolute atomic E-state index is 0.0515. The molecule has 5 heteroatoms. The summed E-state index contributed by atoms with van der Waals surface area (Å²) >= 11 is 1.64. The van der Waals surface area contributed by atoms with E-state index in [1.165, 1.54) is 67.3 Å².